The number of carbonyl (C=O) groups excluding carboxylic acids is 2. The van der Waals surface area contributed by atoms with Crippen LogP contribution in [0, 0.1) is 5.92 Å². The van der Waals surface area contributed by atoms with Gasteiger partial charge in [-0.15, -0.1) is 0 Å². The smallest absolute Gasteiger partial charge is 0.253 e. The van der Waals surface area contributed by atoms with Gasteiger partial charge in [-0.05, 0) is 41.2 Å². The van der Waals surface area contributed by atoms with E-state index in [0.717, 1.165) is 23.6 Å². The minimum Gasteiger partial charge on any atom is -0.378 e. The molecule has 5 nitrogen and oxygen atoms in total. The maximum absolute atomic E-state index is 12.1. The highest BCUT2D eigenvalue weighted by Gasteiger charge is 2.20. The molecular formula is C19H22N2O3. The van der Waals surface area contributed by atoms with E-state index < -0.39 is 12.0 Å². The summed E-state index contributed by atoms with van der Waals surface area (Å²) in [6, 6.07) is 13.4. The summed E-state index contributed by atoms with van der Waals surface area (Å²) in [5.41, 5.74) is 0.586. The second kappa shape index (κ2) is 7.45. The largest absolute Gasteiger partial charge is 0.378 e. The first-order valence-corrected chi connectivity index (χ1v) is 8.34. The van der Waals surface area contributed by atoms with Crippen molar-refractivity contribution in [3.63, 3.8) is 0 Å². The summed E-state index contributed by atoms with van der Waals surface area (Å²) in [7, 11) is 0. The van der Waals surface area contributed by atoms with Crippen LogP contribution in [0.5, 0.6) is 0 Å². The van der Waals surface area contributed by atoms with Crippen molar-refractivity contribution in [2.75, 3.05) is 13.1 Å². The van der Waals surface area contributed by atoms with Gasteiger partial charge in [-0.25, -0.2) is 0 Å². The summed E-state index contributed by atoms with van der Waals surface area (Å²) in [6.45, 7) is 1.18. The Morgan fingerprint density at radius 1 is 1.25 bits per heavy atom. The fourth-order valence-corrected chi connectivity index (χ4v) is 3.12. The Bertz CT molecular complexity index is 744. The molecule has 2 amide bonds. The summed E-state index contributed by atoms with van der Waals surface area (Å²) in [5.74, 6) is -0.0174. The minimum absolute atomic E-state index is 0.0776. The predicted octanol–water partition coefficient (Wildman–Crippen LogP) is 1.91. The molecule has 1 aliphatic heterocycles. The maximum atomic E-state index is 12.1. The van der Waals surface area contributed by atoms with Gasteiger partial charge in [0, 0.05) is 19.5 Å². The van der Waals surface area contributed by atoms with E-state index in [0.29, 0.717) is 31.0 Å². The van der Waals surface area contributed by atoms with Crippen molar-refractivity contribution in [1.82, 2.24) is 10.6 Å². The highest BCUT2D eigenvalue weighted by molar-refractivity contribution is 5.86. The molecule has 3 N–H and O–H groups in total. The second-order valence-electron chi connectivity index (χ2n) is 6.30. The number of fused-ring (bicyclic) bond motifs is 1. The number of carbonyl (C=O) groups is 2. The topological polar surface area (TPSA) is 78.4 Å². The number of aliphatic hydroxyl groups excluding tert-OH is 1. The van der Waals surface area contributed by atoms with Crippen LogP contribution in [0.15, 0.2) is 42.5 Å². The zero-order valence-corrected chi connectivity index (χ0v) is 13.5. The van der Waals surface area contributed by atoms with Gasteiger partial charge in [-0.1, -0.05) is 36.4 Å². The SMILES string of the molecule is O=C1CC(CCNC(=O)[C@H](O)c2ccc3ccccc3c2)CCN1. The van der Waals surface area contributed by atoms with E-state index in [1.807, 2.05) is 36.4 Å². The third-order valence-electron chi connectivity index (χ3n) is 4.54. The Morgan fingerprint density at radius 2 is 2.04 bits per heavy atom. The molecule has 1 heterocycles. The summed E-state index contributed by atoms with van der Waals surface area (Å²) in [5, 5.41) is 17.9. The lowest BCUT2D eigenvalue weighted by atomic mass is 9.94. The lowest BCUT2D eigenvalue weighted by molar-refractivity contribution is -0.129. The second-order valence-corrected chi connectivity index (χ2v) is 6.30. The van der Waals surface area contributed by atoms with Crippen LogP contribution in [0.4, 0.5) is 0 Å². The summed E-state index contributed by atoms with van der Waals surface area (Å²) in [6.07, 6.45) is 1.03. The average molecular weight is 326 g/mol. The highest BCUT2D eigenvalue weighted by Crippen LogP contribution is 2.21. The van der Waals surface area contributed by atoms with E-state index in [1.54, 1.807) is 6.07 Å². The predicted molar refractivity (Wildman–Crippen MR) is 92.3 cm³/mol. The molecule has 1 saturated heterocycles. The average Bonchev–Trinajstić information content (AvgIpc) is 2.60. The number of benzene rings is 2. The van der Waals surface area contributed by atoms with E-state index in [1.165, 1.54) is 0 Å². The van der Waals surface area contributed by atoms with E-state index in [2.05, 4.69) is 10.6 Å². The van der Waals surface area contributed by atoms with Crippen molar-refractivity contribution in [3.8, 4) is 0 Å². The van der Waals surface area contributed by atoms with Crippen LogP contribution in [0.2, 0.25) is 0 Å². The molecule has 0 radical (unpaired) electrons. The van der Waals surface area contributed by atoms with Crippen LogP contribution in [-0.4, -0.2) is 30.0 Å². The fourth-order valence-electron chi connectivity index (χ4n) is 3.12. The first-order valence-electron chi connectivity index (χ1n) is 8.34. The number of hydrogen-bond donors (Lipinski definition) is 3. The zero-order chi connectivity index (χ0) is 16.9. The normalized spacial score (nSPS) is 18.9. The van der Waals surface area contributed by atoms with E-state index >= 15 is 0 Å². The molecule has 0 aliphatic carbocycles. The number of hydrogen-bond acceptors (Lipinski definition) is 3. The highest BCUT2D eigenvalue weighted by atomic mass is 16.3. The number of aliphatic hydroxyl groups is 1. The van der Waals surface area contributed by atoms with E-state index in [4.69, 9.17) is 0 Å². The lowest BCUT2D eigenvalue weighted by Crippen LogP contribution is -2.36. The molecule has 0 saturated carbocycles. The molecule has 1 unspecified atom stereocenters. The first-order chi connectivity index (χ1) is 11.6. The van der Waals surface area contributed by atoms with Crippen LogP contribution in [-0.2, 0) is 9.59 Å². The number of amides is 2. The van der Waals surface area contributed by atoms with Crippen LogP contribution < -0.4 is 10.6 Å². The molecule has 1 fully saturated rings. The van der Waals surface area contributed by atoms with Crippen LogP contribution in [0.1, 0.15) is 30.9 Å². The lowest BCUT2D eigenvalue weighted by Gasteiger charge is -2.22. The van der Waals surface area contributed by atoms with E-state index in [-0.39, 0.29) is 5.91 Å². The Morgan fingerprint density at radius 3 is 2.83 bits per heavy atom. The molecule has 24 heavy (non-hydrogen) atoms. The molecule has 0 spiro atoms. The number of nitrogens with one attached hydrogen (secondary N) is 2. The van der Waals surface area contributed by atoms with E-state index in [9.17, 15) is 14.7 Å². The molecule has 1 aliphatic rings. The van der Waals surface area contributed by atoms with Gasteiger partial charge in [-0.2, -0.15) is 0 Å². The molecule has 5 heteroatoms. The van der Waals surface area contributed by atoms with Gasteiger partial charge in [0.2, 0.25) is 5.91 Å². The van der Waals surface area contributed by atoms with Gasteiger partial charge in [-0.3, -0.25) is 9.59 Å². The van der Waals surface area contributed by atoms with Gasteiger partial charge >= 0.3 is 0 Å². The molecule has 0 aromatic heterocycles. The Kier molecular flexibility index (Phi) is 5.11. The first kappa shape index (κ1) is 16.5. The molecule has 3 rings (SSSR count). The molecule has 2 aromatic rings. The van der Waals surface area contributed by atoms with Gasteiger partial charge in [0.25, 0.3) is 5.91 Å². The minimum atomic E-state index is -1.18. The van der Waals surface area contributed by atoms with Gasteiger partial charge in [0.1, 0.15) is 0 Å². The Hall–Kier alpha value is -2.40. The summed E-state index contributed by atoms with van der Waals surface area (Å²) >= 11 is 0. The summed E-state index contributed by atoms with van der Waals surface area (Å²) < 4.78 is 0. The van der Waals surface area contributed by atoms with Crippen molar-refractivity contribution in [1.29, 1.82) is 0 Å². The standard InChI is InChI=1S/C19H22N2O3/c22-17-11-13(7-9-20-17)8-10-21-19(24)18(23)16-6-5-14-3-1-2-4-15(14)12-16/h1-6,12-13,18,23H,7-11H2,(H,20,22)(H,21,24)/t13?,18-/m1/s1. The van der Waals surface area contributed by atoms with Crippen LogP contribution in [0.3, 0.4) is 0 Å². The molecule has 2 atom stereocenters. The molecular weight excluding hydrogens is 304 g/mol. The molecule has 126 valence electrons. The molecule has 0 bridgehead atoms. The van der Waals surface area contributed by atoms with Crippen molar-refractivity contribution < 1.29 is 14.7 Å². The van der Waals surface area contributed by atoms with Crippen molar-refractivity contribution in [2.24, 2.45) is 5.92 Å². The van der Waals surface area contributed by atoms with Crippen molar-refractivity contribution in [2.45, 2.75) is 25.4 Å². The fraction of sp³-hybridized carbons (Fsp3) is 0.368. The van der Waals surface area contributed by atoms with Crippen LogP contribution in [0.25, 0.3) is 10.8 Å². The van der Waals surface area contributed by atoms with Gasteiger partial charge < -0.3 is 15.7 Å². The number of piperidine rings is 1. The quantitative estimate of drug-likeness (QED) is 0.785. The van der Waals surface area contributed by atoms with Gasteiger partial charge in [0.05, 0.1) is 0 Å². The van der Waals surface area contributed by atoms with Crippen LogP contribution >= 0.6 is 0 Å². The zero-order valence-electron chi connectivity index (χ0n) is 13.5. The Labute approximate surface area is 141 Å². The summed E-state index contributed by atoms with van der Waals surface area (Å²) in [4.78, 5) is 23.5. The molecule has 2 aromatic carbocycles. The van der Waals surface area contributed by atoms with Crippen molar-refractivity contribution in [3.05, 3.63) is 48.0 Å². The number of rotatable bonds is 5. The third-order valence-corrected chi connectivity index (χ3v) is 4.54. The maximum Gasteiger partial charge on any atom is 0.253 e. The Balaban J connectivity index is 1.54. The van der Waals surface area contributed by atoms with Gasteiger partial charge in [0.15, 0.2) is 6.10 Å². The monoisotopic (exact) mass is 326 g/mol. The third kappa shape index (κ3) is 3.92. The van der Waals surface area contributed by atoms with Crippen molar-refractivity contribution >= 4 is 22.6 Å².